The fraction of sp³-hybridized carbons (Fsp3) is 0.312. The van der Waals surface area contributed by atoms with Crippen LogP contribution in [-0.4, -0.2) is 37.6 Å². The number of benzene rings is 1. The molecule has 0 radical (unpaired) electrons. The Balaban J connectivity index is 2.22. The van der Waals surface area contributed by atoms with Gasteiger partial charge in [-0.15, -0.1) is 0 Å². The largest absolute Gasteiger partial charge is 0.489 e. The molecule has 2 N–H and O–H groups in total. The minimum absolute atomic E-state index is 0.00847. The van der Waals surface area contributed by atoms with Gasteiger partial charge in [-0.2, -0.15) is 0 Å². The van der Waals surface area contributed by atoms with Crippen LogP contribution in [0.4, 0.5) is 11.5 Å². The van der Waals surface area contributed by atoms with Gasteiger partial charge in [0.1, 0.15) is 18.5 Å². The zero-order valence-corrected chi connectivity index (χ0v) is 14.4. The Morgan fingerprint density at radius 3 is 2.65 bits per heavy atom. The number of nitrogens with one attached hydrogen (secondary N) is 1. The van der Waals surface area contributed by atoms with Crippen LogP contribution in [0.25, 0.3) is 0 Å². The number of hydrogen-bond acceptors (Lipinski definition) is 6. The van der Waals surface area contributed by atoms with Gasteiger partial charge in [0, 0.05) is 6.92 Å². The van der Waals surface area contributed by atoms with E-state index in [1.165, 1.54) is 22.8 Å². The summed E-state index contributed by atoms with van der Waals surface area (Å²) < 4.78 is 6.91. The van der Waals surface area contributed by atoms with Gasteiger partial charge < -0.3 is 25.3 Å². The van der Waals surface area contributed by atoms with Crippen molar-refractivity contribution in [2.24, 2.45) is 0 Å². The second kappa shape index (κ2) is 7.64. The number of carboxylic acids is 1. The molecule has 0 aliphatic carbocycles. The first-order valence-electron chi connectivity index (χ1n) is 7.69. The average molecular weight is 362 g/mol. The highest BCUT2D eigenvalue weighted by Crippen LogP contribution is 2.27. The standard InChI is InChI=1S/C16H18N4O6/c1-9(2)26-13-5-4-11(16(22)23)6-12(13)18-15(21)8-19-7-14(20(24)25)17-10(19)3/h4-7,9H,8H2,1-3H3,(H,18,21)(H,22,23). The fourth-order valence-corrected chi connectivity index (χ4v) is 2.20. The van der Waals surface area contributed by atoms with E-state index in [0.717, 1.165) is 6.20 Å². The van der Waals surface area contributed by atoms with Crippen LogP contribution in [-0.2, 0) is 11.3 Å². The molecule has 0 saturated carbocycles. The van der Waals surface area contributed by atoms with Gasteiger partial charge in [-0.25, -0.2) is 4.79 Å². The molecule has 0 bridgehead atoms. The van der Waals surface area contributed by atoms with Crippen LogP contribution in [0.15, 0.2) is 24.4 Å². The van der Waals surface area contributed by atoms with Gasteiger partial charge in [-0.1, -0.05) is 0 Å². The van der Waals surface area contributed by atoms with E-state index in [0.29, 0.717) is 11.6 Å². The van der Waals surface area contributed by atoms with E-state index in [4.69, 9.17) is 9.84 Å². The molecular formula is C16H18N4O6. The number of ether oxygens (including phenoxy) is 1. The van der Waals surface area contributed by atoms with Crippen molar-refractivity contribution < 1.29 is 24.4 Å². The minimum Gasteiger partial charge on any atom is -0.489 e. The molecule has 0 fully saturated rings. The van der Waals surface area contributed by atoms with Crippen molar-refractivity contribution >= 4 is 23.4 Å². The molecule has 0 atom stereocenters. The van der Waals surface area contributed by atoms with Crippen molar-refractivity contribution in [3.8, 4) is 5.75 Å². The van der Waals surface area contributed by atoms with Gasteiger partial charge in [0.15, 0.2) is 0 Å². The lowest BCUT2D eigenvalue weighted by molar-refractivity contribution is -0.389. The summed E-state index contributed by atoms with van der Waals surface area (Å²) in [5.74, 6) is -1.36. The summed E-state index contributed by atoms with van der Waals surface area (Å²) in [6.45, 7) is 4.92. The molecule has 2 aromatic rings. The maximum absolute atomic E-state index is 12.3. The number of nitrogens with zero attached hydrogens (tertiary/aromatic N) is 3. The highest BCUT2D eigenvalue weighted by Gasteiger charge is 2.18. The van der Waals surface area contributed by atoms with Crippen molar-refractivity contribution in [2.45, 2.75) is 33.4 Å². The maximum Gasteiger partial charge on any atom is 0.381 e. The van der Waals surface area contributed by atoms with Crippen molar-refractivity contribution in [2.75, 3.05) is 5.32 Å². The molecule has 0 aliphatic rings. The van der Waals surface area contributed by atoms with Crippen LogP contribution in [0.1, 0.15) is 30.0 Å². The molecule has 2 rings (SSSR count). The number of imidazole rings is 1. The Labute approximate surface area is 148 Å². The van der Waals surface area contributed by atoms with Crippen LogP contribution in [0.2, 0.25) is 0 Å². The summed E-state index contributed by atoms with van der Waals surface area (Å²) in [5.41, 5.74) is 0.196. The molecule has 26 heavy (non-hydrogen) atoms. The normalized spacial score (nSPS) is 10.6. The molecule has 0 saturated heterocycles. The molecule has 1 heterocycles. The predicted octanol–water partition coefficient (Wildman–Crippen LogP) is 2.22. The van der Waals surface area contributed by atoms with Gasteiger partial charge in [0.25, 0.3) is 0 Å². The number of aryl methyl sites for hydroxylation is 1. The molecule has 10 nitrogen and oxygen atoms in total. The molecule has 1 amide bonds. The van der Waals surface area contributed by atoms with E-state index >= 15 is 0 Å². The van der Waals surface area contributed by atoms with Gasteiger partial charge in [-0.05, 0) is 42.0 Å². The highest BCUT2D eigenvalue weighted by atomic mass is 16.6. The predicted molar refractivity (Wildman–Crippen MR) is 91.4 cm³/mol. The van der Waals surface area contributed by atoms with E-state index in [-0.39, 0.29) is 29.7 Å². The average Bonchev–Trinajstić information content (AvgIpc) is 2.89. The number of amides is 1. The molecule has 1 aromatic carbocycles. The molecular weight excluding hydrogens is 344 g/mol. The number of aromatic carboxylic acids is 1. The lowest BCUT2D eigenvalue weighted by Gasteiger charge is -2.15. The zero-order valence-electron chi connectivity index (χ0n) is 14.4. The smallest absolute Gasteiger partial charge is 0.381 e. The fourth-order valence-electron chi connectivity index (χ4n) is 2.20. The number of carbonyl (C=O) groups is 2. The summed E-state index contributed by atoms with van der Waals surface area (Å²) >= 11 is 0. The van der Waals surface area contributed by atoms with Crippen LogP contribution in [0.5, 0.6) is 5.75 Å². The third kappa shape index (κ3) is 4.56. The Morgan fingerprint density at radius 2 is 2.12 bits per heavy atom. The van der Waals surface area contributed by atoms with Gasteiger partial charge in [0.2, 0.25) is 11.7 Å². The molecule has 10 heteroatoms. The zero-order chi connectivity index (χ0) is 19.4. The molecule has 0 unspecified atom stereocenters. The van der Waals surface area contributed by atoms with E-state index in [1.54, 1.807) is 20.8 Å². The number of aromatic nitrogens is 2. The molecule has 0 spiro atoms. The van der Waals surface area contributed by atoms with E-state index in [9.17, 15) is 19.7 Å². The maximum atomic E-state index is 12.3. The topological polar surface area (TPSA) is 137 Å². The Morgan fingerprint density at radius 1 is 1.42 bits per heavy atom. The third-order valence-electron chi connectivity index (χ3n) is 3.33. The summed E-state index contributed by atoms with van der Waals surface area (Å²) in [7, 11) is 0. The van der Waals surface area contributed by atoms with Crippen molar-refractivity contribution in [1.82, 2.24) is 9.55 Å². The summed E-state index contributed by atoms with van der Waals surface area (Å²) in [6.07, 6.45) is 0.980. The summed E-state index contributed by atoms with van der Waals surface area (Å²) in [5, 5.41) is 22.4. The van der Waals surface area contributed by atoms with Crippen LogP contribution in [0, 0.1) is 17.0 Å². The number of nitro groups is 1. The van der Waals surface area contributed by atoms with Crippen LogP contribution < -0.4 is 10.1 Å². The second-order valence-electron chi connectivity index (χ2n) is 5.76. The molecule has 0 aliphatic heterocycles. The van der Waals surface area contributed by atoms with E-state index in [2.05, 4.69) is 10.3 Å². The van der Waals surface area contributed by atoms with E-state index in [1.807, 2.05) is 0 Å². The number of carbonyl (C=O) groups excluding carboxylic acids is 1. The number of hydrogen-bond donors (Lipinski definition) is 2. The number of anilines is 1. The Bertz CT molecular complexity index is 858. The Hall–Kier alpha value is -3.43. The number of carboxylic acid groups (broad SMARTS) is 1. The molecule has 1 aromatic heterocycles. The molecule has 138 valence electrons. The van der Waals surface area contributed by atoms with Gasteiger partial charge in [-0.3, -0.25) is 9.36 Å². The van der Waals surface area contributed by atoms with E-state index < -0.39 is 16.8 Å². The first-order chi connectivity index (χ1) is 12.2. The second-order valence-corrected chi connectivity index (χ2v) is 5.76. The Kier molecular flexibility index (Phi) is 5.55. The van der Waals surface area contributed by atoms with Crippen LogP contribution in [0.3, 0.4) is 0 Å². The van der Waals surface area contributed by atoms with Crippen LogP contribution >= 0.6 is 0 Å². The minimum atomic E-state index is -1.14. The van der Waals surface area contributed by atoms with Gasteiger partial charge >= 0.3 is 11.8 Å². The van der Waals surface area contributed by atoms with Gasteiger partial charge in [0.05, 0.1) is 17.4 Å². The van der Waals surface area contributed by atoms with Crippen molar-refractivity contribution in [3.63, 3.8) is 0 Å². The summed E-state index contributed by atoms with van der Waals surface area (Å²) in [4.78, 5) is 37.3. The third-order valence-corrected chi connectivity index (χ3v) is 3.33. The highest BCUT2D eigenvalue weighted by molar-refractivity contribution is 5.95. The van der Waals surface area contributed by atoms with Crippen molar-refractivity contribution in [3.05, 3.63) is 45.9 Å². The lowest BCUT2D eigenvalue weighted by Crippen LogP contribution is -2.20. The lowest BCUT2D eigenvalue weighted by atomic mass is 10.2. The monoisotopic (exact) mass is 362 g/mol. The number of rotatable bonds is 7. The summed E-state index contributed by atoms with van der Waals surface area (Å²) in [6, 6.07) is 4.13. The first-order valence-corrected chi connectivity index (χ1v) is 7.69. The first kappa shape index (κ1) is 18.9. The SMILES string of the molecule is Cc1nc([N+](=O)[O-])cn1CC(=O)Nc1cc(C(=O)O)ccc1OC(C)C. The quantitative estimate of drug-likeness (QED) is 0.569. The van der Waals surface area contributed by atoms with Crippen molar-refractivity contribution in [1.29, 1.82) is 0 Å².